The van der Waals surface area contributed by atoms with Crippen LogP contribution >= 0.6 is 0 Å². The predicted molar refractivity (Wildman–Crippen MR) is 70.0 cm³/mol. The van der Waals surface area contributed by atoms with Gasteiger partial charge in [-0.2, -0.15) is 5.10 Å². The van der Waals surface area contributed by atoms with Crippen molar-refractivity contribution in [2.45, 2.75) is 0 Å². The Kier molecular flexibility index (Phi) is 2.86. The van der Waals surface area contributed by atoms with Gasteiger partial charge in [0.25, 0.3) is 0 Å². The van der Waals surface area contributed by atoms with E-state index in [1.807, 2.05) is 12.1 Å². The Morgan fingerprint density at radius 1 is 1.00 bits per heavy atom. The second-order valence-electron chi connectivity index (χ2n) is 3.95. The third kappa shape index (κ3) is 2.55. The number of benzene rings is 1. The number of aromatic amines is 1. The smallest absolute Gasteiger partial charge is 0.219 e. The van der Waals surface area contributed by atoms with Gasteiger partial charge in [0.1, 0.15) is 11.5 Å². The van der Waals surface area contributed by atoms with E-state index in [1.165, 1.54) is 0 Å². The van der Waals surface area contributed by atoms with Gasteiger partial charge in [-0.3, -0.25) is 5.10 Å². The van der Waals surface area contributed by atoms with E-state index in [0.29, 0.717) is 11.6 Å². The largest absolute Gasteiger partial charge is 0.508 e. The van der Waals surface area contributed by atoms with Gasteiger partial charge in [0.05, 0.1) is 5.69 Å². The molecule has 0 amide bonds. The number of pyridine rings is 1. The average Bonchev–Trinajstić information content (AvgIpc) is 2.96. The van der Waals surface area contributed by atoms with Crippen molar-refractivity contribution < 1.29 is 9.84 Å². The maximum Gasteiger partial charge on any atom is 0.219 e. The van der Waals surface area contributed by atoms with E-state index in [-0.39, 0.29) is 5.75 Å². The van der Waals surface area contributed by atoms with Crippen molar-refractivity contribution in [2.24, 2.45) is 0 Å². The summed E-state index contributed by atoms with van der Waals surface area (Å²) in [6.45, 7) is 0. The maximum atomic E-state index is 9.18. The van der Waals surface area contributed by atoms with Crippen molar-refractivity contribution >= 4 is 0 Å². The Morgan fingerprint density at radius 2 is 1.84 bits per heavy atom. The van der Waals surface area contributed by atoms with Crippen molar-refractivity contribution in [3.8, 4) is 28.6 Å². The first kappa shape index (κ1) is 11.3. The summed E-state index contributed by atoms with van der Waals surface area (Å²) >= 11 is 0. The summed E-state index contributed by atoms with van der Waals surface area (Å²) in [4.78, 5) is 4.22. The van der Waals surface area contributed by atoms with Crippen LogP contribution in [0.15, 0.2) is 54.9 Å². The topological polar surface area (TPSA) is 71.0 Å². The molecule has 5 heteroatoms. The molecule has 0 saturated heterocycles. The van der Waals surface area contributed by atoms with Crippen LogP contribution in [-0.2, 0) is 0 Å². The molecule has 0 radical (unpaired) electrons. The molecule has 0 bridgehead atoms. The van der Waals surface area contributed by atoms with Gasteiger partial charge in [-0.15, -0.1) is 0 Å². The minimum absolute atomic E-state index is 0.204. The Balaban J connectivity index is 1.77. The van der Waals surface area contributed by atoms with Gasteiger partial charge in [0, 0.05) is 24.0 Å². The van der Waals surface area contributed by atoms with Crippen LogP contribution in [0.1, 0.15) is 0 Å². The molecule has 0 atom stereocenters. The SMILES string of the molecule is Oc1ccc(Oc2ccc(-c3ccn[nH]3)cn2)cc1. The Labute approximate surface area is 109 Å². The van der Waals surface area contributed by atoms with Gasteiger partial charge >= 0.3 is 0 Å². The molecule has 0 unspecified atom stereocenters. The van der Waals surface area contributed by atoms with E-state index in [1.54, 1.807) is 42.7 Å². The number of hydrogen-bond acceptors (Lipinski definition) is 4. The second-order valence-corrected chi connectivity index (χ2v) is 3.95. The number of hydrogen-bond donors (Lipinski definition) is 2. The fourth-order valence-corrected chi connectivity index (χ4v) is 1.65. The van der Waals surface area contributed by atoms with Crippen molar-refractivity contribution in [3.05, 3.63) is 54.9 Å². The minimum Gasteiger partial charge on any atom is -0.508 e. The molecule has 0 spiro atoms. The van der Waals surface area contributed by atoms with Crippen molar-refractivity contribution in [1.29, 1.82) is 0 Å². The molecular formula is C14H11N3O2. The first-order chi connectivity index (χ1) is 9.31. The highest BCUT2D eigenvalue weighted by molar-refractivity contribution is 5.57. The van der Waals surface area contributed by atoms with E-state index >= 15 is 0 Å². The maximum absolute atomic E-state index is 9.18. The Bertz CT molecular complexity index is 646. The van der Waals surface area contributed by atoms with Crippen LogP contribution in [0.4, 0.5) is 0 Å². The van der Waals surface area contributed by atoms with Crippen molar-refractivity contribution in [1.82, 2.24) is 15.2 Å². The molecular weight excluding hydrogens is 242 g/mol. The summed E-state index contributed by atoms with van der Waals surface area (Å²) in [6.07, 6.45) is 3.40. The number of rotatable bonds is 3. The van der Waals surface area contributed by atoms with Crippen molar-refractivity contribution in [3.63, 3.8) is 0 Å². The highest BCUT2D eigenvalue weighted by Crippen LogP contribution is 2.23. The predicted octanol–water partition coefficient (Wildman–Crippen LogP) is 2.97. The lowest BCUT2D eigenvalue weighted by Crippen LogP contribution is -1.88. The van der Waals surface area contributed by atoms with Gasteiger partial charge in [-0.1, -0.05) is 0 Å². The third-order valence-corrected chi connectivity index (χ3v) is 2.61. The van der Waals surface area contributed by atoms with Crippen LogP contribution in [0.5, 0.6) is 17.4 Å². The molecule has 2 heterocycles. The molecule has 3 aromatic rings. The van der Waals surface area contributed by atoms with E-state index in [0.717, 1.165) is 11.3 Å². The summed E-state index contributed by atoms with van der Waals surface area (Å²) in [7, 11) is 0. The molecule has 19 heavy (non-hydrogen) atoms. The fourth-order valence-electron chi connectivity index (χ4n) is 1.65. The van der Waals surface area contributed by atoms with E-state index in [2.05, 4.69) is 15.2 Å². The number of H-pyrrole nitrogens is 1. The van der Waals surface area contributed by atoms with E-state index in [9.17, 15) is 5.11 Å². The van der Waals surface area contributed by atoms with Gasteiger partial charge in [0.2, 0.25) is 5.88 Å². The van der Waals surface area contributed by atoms with E-state index in [4.69, 9.17) is 4.74 Å². The second kappa shape index (κ2) is 4.81. The fraction of sp³-hybridized carbons (Fsp3) is 0. The zero-order chi connectivity index (χ0) is 13.1. The van der Waals surface area contributed by atoms with Crippen LogP contribution in [0, 0.1) is 0 Å². The minimum atomic E-state index is 0.204. The summed E-state index contributed by atoms with van der Waals surface area (Å²) in [5, 5.41) is 15.9. The lowest BCUT2D eigenvalue weighted by Gasteiger charge is -2.05. The molecule has 2 aromatic heterocycles. The number of aromatic hydroxyl groups is 1. The number of aromatic nitrogens is 3. The first-order valence-corrected chi connectivity index (χ1v) is 5.74. The summed E-state index contributed by atoms with van der Waals surface area (Å²) in [5.41, 5.74) is 1.85. The van der Waals surface area contributed by atoms with Crippen LogP contribution in [0.2, 0.25) is 0 Å². The van der Waals surface area contributed by atoms with Crippen LogP contribution in [-0.4, -0.2) is 20.3 Å². The van der Waals surface area contributed by atoms with Gasteiger partial charge in [-0.25, -0.2) is 4.98 Å². The lowest BCUT2D eigenvalue weighted by molar-refractivity contribution is 0.454. The molecule has 0 fully saturated rings. The lowest BCUT2D eigenvalue weighted by atomic mass is 10.2. The molecule has 0 aliphatic carbocycles. The number of phenols is 1. The molecule has 0 saturated carbocycles. The molecule has 5 nitrogen and oxygen atoms in total. The number of phenolic OH excluding ortho intramolecular Hbond substituents is 1. The van der Waals surface area contributed by atoms with Crippen LogP contribution in [0.25, 0.3) is 11.3 Å². The molecule has 94 valence electrons. The molecule has 2 N–H and O–H groups in total. The Hall–Kier alpha value is -2.82. The average molecular weight is 253 g/mol. The zero-order valence-electron chi connectivity index (χ0n) is 9.95. The monoisotopic (exact) mass is 253 g/mol. The zero-order valence-corrected chi connectivity index (χ0v) is 9.95. The highest BCUT2D eigenvalue weighted by atomic mass is 16.5. The van der Waals surface area contributed by atoms with Crippen molar-refractivity contribution in [2.75, 3.05) is 0 Å². The highest BCUT2D eigenvalue weighted by Gasteiger charge is 2.02. The number of ether oxygens (including phenoxy) is 1. The standard InChI is InChI=1S/C14H11N3O2/c18-11-2-4-12(5-3-11)19-14-6-1-10(9-15-14)13-7-8-16-17-13/h1-9,18H,(H,16,17). The van der Waals surface area contributed by atoms with Gasteiger partial charge < -0.3 is 9.84 Å². The van der Waals surface area contributed by atoms with Crippen LogP contribution in [0.3, 0.4) is 0 Å². The number of nitrogens with one attached hydrogen (secondary N) is 1. The van der Waals surface area contributed by atoms with Crippen LogP contribution < -0.4 is 4.74 Å². The van der Waals surface area contributed by atoms with Gasteiger partial charge in [0.15, 0.2) is 0 Å². The third-order valence-electron chi connectivity index (χ3n) is 2.61. The van der Waals surface area contributed by atoms with Gasteiger partial charge in [-0.05, 0) is 36.4 Å². The summed E-state index contributed by atoms with van der Waals surface area (Å²) in [5.74, 6) is 1.32. The quantitative estimate of drug-likeness (QED) is 0.752. The summed E-state index contributed by atoms with van der Waals surface area (Å²) in [6, 6.07) is 12.0. The summed E-state index contributed by atoms with van der Waals surface area (Å²) < 4.78 is 5.56. The normalized spacial score (nSPS) is 10.3. The Morgan fingerprint density at radius 3 is 2.47 bits per heavy atom. The molecule has 1 aromatic carbocycles. The molecule has 0 aliphatic heterocycles. The number of nitrogens with zero attached hydrogens (tertiary/aromatic N) is 2. The first-order valence-electron chi connectivity index (χ1n) is 5.74. The molecule has 3 rings (SSSR count). The molecule has 0 aliphatic rings. The van der Waals surface area contributed by atoms with E-state index < -0.39 is 0 Å².